The summed E-state index contributed by atoms with van der Waals surface area (Å²) in [6.45, 7) is 0. The van der Waals surface area contributed by atoms with Gasteiger partial charge in [0.05, 0.1) is 35.3 Å². The maximum atomic E-state index is 12.6. The van der Waals surface area contributed by atoms with Crippen LogP contribution >= 0.6 is 0 Å². The predicted molar refractivity (Wildman–Crippen MR) is 134 cm³/mol. The Balaban J connectivity index is 1.86. The van der Waals surface area contributed by atoms with Crippen molar-refractivity contribution in [2.75, 3.05) is 26.5 Å². The van der Waals surface area contributed by atoms with E-state index in [1.54, 1.807) is 66.6 Å². The Kier molecular flexibility index (Phi) is 6.77. The van der Waals surface area contributed by atoms with E-state index in [0.29, 0.717) is 39.9 Å². The van der Waals surface area contributed by atoms with Crippen molar-refractivity contribution in [2.45, 2.75) is 0 Å². The van der Waals surface area contributed by atoms with Crippen LogP contribution in [0.4, 0.5) is 11.4 Å². The summed E-state index contributed by atoms with van der Waals surface area (Å²) >= 11 is 0. The quantitative estimate of drug-likeness (QED) is 0.451. The molecule has 12 heteroatoms. The number of hydrogen-bond donors (Lipinski definition) is 3. The smallest absolute Gasteiger partial charge is 0.273 e. The number of para-hydroxylation sites is 1. The average Bonchev–Trinajstić information content (AvgIpc) is 3.20. The van der Waals surface area contributed by atoms with Crippen LogP contribution in [-0.4, -0.2) is 62.9 Å². The topological polar surface area (TPSA) is 153 Å². The zero-order valence-electron chi connectivity index (χ0n) is 20.2. The molecule has 0 bridgehead atoms. The zero-order chi connectivity index (χ0) is 25.8. The van der Waals surface area contributed by atoms with Crippen molar-refractivity contribution < 1.29 is 14.3 Å². The summed E-state index contributed by atoms with van der Waals surface area (Å²) in [7, 11) is 6.56. The molecule has 0 fully saturated rings. The van der Waals surface area contributed by atoms with Crippen molar-refractivity contribution in [3.63, 3.8) is 0 Å². The summed E-state index contributed by atoms with van der Waals surface area (Å²) in [5.41, 5.74) is 8.24. The Hall–Kier alpha value is -5.00. The first-order valence-corrected chi connectivity index (χ1v) is 10.9. The lowest BCUT2D eigenvalue weighted by atomic mass is 10.1. The van der Waals surface area contributed by atoms with Gasteiger partial charge in [0.25, 0.3) is 11.8 Å². The number of carbonyl (C=O) groups excluding carboxylic acids is 2. The van der Waals surface area contributed by atoms with Crippen molar-refractivity contribution in [3.05, 3.63) is 72.0 Å². The summed E-state index contributed by atoms with van der Waals surface area (Å²) in [5.74, 6) is -0.121. The fourth-order valence-corrected chi connectivity index (χ4v) is 3.72. The molecule has 0 spiro atoms. The summed E-state index contributed by atoms with van der Waals surface area (Å²) < 4.78 is 7.27. The second-order valence-corrected chi connectivity index (χ2v) is 7.76. The largest absolute Gasteiger partial charge is 0.494 e. The molecule has 2 amide bonds. The fraction of sp³-hybridized carbons (Fsp3) is 0.167. The van der Waals surface area contributed by atoms with Gasteiger partial charge in [-0.15, -0.1) is 10.2 Å². The minimum absolute atomic E-state index is 0.0493. The van der Waals surface area contributed by atoms with Gasteiger partial charge in [-0.3, -0.25) is 14.3 Å². The first kappa shape index (κ1) is 24.1. The third kappa shape index (κ3) is 4.64. The van der Waals surface area contributed by atoms with E-state index in [4.69, 9.17) is 10.5 Å². The first-order chi connectivity index (χ1) is 17.3. The highest BCUT2D eigenvalue weighted by atomic mass is 16.5. The average molecular weight is 488 g/mol. The van der Waals surface area contributed by atoms with E-state index in [-0.39, 0.29) is 11.3 Å². The normalized spacial score (nSPS) is 12.9. The molecule has 0 saturated heterocycles. The maximum Gasteiger partial charge on any atom is 0.273 e. The molecule has 36 heavy (non-hydrogen) atoms. The van der Waals surface area contributed by atoms with E-state index >= 15 is 0 Å². The standard InChI is InChI=1S/C24H25N9O3/c1-26-24(35)19-17(12-18(29-30-19)20-14(22(25)34)8-5-6-11-32(20)2)28-16-10-7-9-15(21(16)36-4)23-27-13-33(3)31-23/h5-13H,1-4H3,(H2,25,34)(H,26,35)(H,28,29). The molecule has 0 radical (unpaired) electrons. The molecule has 4 N–H and O–H groups in total. The van der Waals surface area contributed by atoms with Crippen LogP contribution in [0.15, 0.2) is 60.6 Å². The highest BCUT2D eigenvalue weighted by Gasteiger charge is 2.23. The highest BCUT2D eigenvalue weighted by Crippen LogP contribution is 2.37. The van der Waals surface area contributed by atoms with Crippen LogP contribution in [0.2, 0.25) is 0 Å². The summed E-state index contributed by atoms with van der Waals surface area (Å²) in [6, 6.07) is 7.06. The Bertz CT molecular complexity index is 1420. The van der Waals surface area contributed by atoms with Crippen molar-refractivity contribution >= 4 is 28.9 Å². The van der Waals surface area contributed by atoms with Crippen LogP contribution in [0.3, 0.4) is 0 Å². The number of aromatic nitrogens is 5. The molecule has 3 aromatic rings. The van der Waals surface area contributed by atoms with Crippen LogP contribution in [0.5, 0.6) is 5.75 Å². The monoisotopic (exact) mass is 487 g/mol. The second kappa shape index (κ2) is 10.1. The second-order valence-electron chi connectivity index (χ2n) is 7.76. The lowest BCUT2D eigenvalue weighted by molar-refractivity contribution is -0.114. The SMILES string of the molecule is CNC(=O)c1nnc(C2=C(C(N)=O)C=CC=CN2C)cc1Nc1cccc(-c2ncn(C)n2)c1OC. The first-order valence-electron chi connectivity index (χ1n) is 10.9. The number of anilines is 2. The lowest BCUT2D eigenvalue weighted by Crippen LogP contribution is -2.23. The molecule has 0 unspecified atom stereocenters. The lowest BCUT2D eigenvalue weighted by Gasteiger charge is -2.21. The summed E-state index contributed by atoms with van der Waals surface area (Å²) in [6.07, 6.45) is 8.43. The molecule has 1 aromatic carbocycles. The van der Waals surface area contributed by atoms with E-state index in [9.17, 15) is 9.59 Å². The Morgan fingerprint density at radius 2 is 1.92 bits per heavy atom. The minimum Gasteiger partial charge on any atom is -0.494 e. The molecule has 4 rings (SSSR count). The van der Waals surface area contributed by atoms with Gasteiger partial charge in [0.15, 0.2) is 17.3 Å². The molecule has 12 nitrogen and oxygen atoms in total. The number of allylic oxidation sites excluding steroid dienone is 2. The third-order valence-electron chi connectivity index (χ3n) is 5.36. The van der Waals surface area contributed by atoms with Crippen LogP contribution < -0.4 is 21.1 Å². The number of primary amides is 1. The number of amides is 2. The van der Waals surface area contributed by atoms with E-state index in [2.05, 4.69) is 30.9 Å². The predicted octanol–water partition coefficient (Wildman–Crippen LogP) is 1.60. The number of nitrogens with one attached hydrogen (secondary N) is 2. The van der Waals surface area contributed by atoms with Gasteiger partial charge in [-0.25, -0.2) is 4.98 Å². The van der Waals surface area contributed by atoms with Gasteiger partial charge >= 0.3 is 0 Å². The number of nitrogens with zero attached hydrogens (tertiary/aromatic N) is 6. The van der Waals surface area contributed by atoms with Crippen LogP contribution in [0.1, 0.15) is 16.2 Å². The van der Waals surface area contributed by atoms with E-state index in [0.717, 1.165) is 0 Å². The van der Waals surface area contributed by atoms with Crippen molar-refractivity contribution in [2.24, 2.45) is 12.8 Å². The van der Waals surface area contributed by atoms with Crippen molar-refractivity contribution in [3.8, 4) is 17.1 Å². The van der Waals surface area contributed by atoms with Gasteiger partial charge in [-0.1, -0.05) is 12.1 Å². The molecule has 3 heterocycles. The zero-order valence-corrected chi connectivity index (χ0v) is 20.2. The molecule has 0 saturated carbocycles. The Morgan fingerprint density at radius 1 is 1.11 bits per heavy atom. The number of carbonyl (C=O) groups is 2. The molecular formula is C24H25N9O3. The number of aryl methyl sites for hydroxylation is 1. The number of rotatable bonds is 7. The van der Waals surface area contributed by atoms with Crippen molar-refractivity contribution in [1.82, 2.24) is 35.2 Å². The molecule has 2 aromatic heterocycles. The van der Waals surface area contributed by atoms with E-state index in [1.807, 2.05) is 12.1 Å². The van der Waals surface area contributed by atoms with Crippen LogP contribution in [0.25, 0.3) is 17.1 Å². The number of nitrogens with two attached hydrogens (primary N) is 1. The van der Waals surface area contributed by atoms with Crippen LogP contribution in [0, 0.1) is 0 Å². The maximum absolute atomic E-state index is 12.6. The summed E-state index contributed by atoms with van der Waals surface area (Å²) in [5, 5.41) is 18.6. The van der Waals surface area contributed by atoms with Gasteiger partial charge in [-0.2, -0.15) is 5.10 Å². The van der Waals surface area contributed by atoms with Crippen LogP contribution in [-0.2, 0) is 11.8 Å². The van der Waals surface area contributed by atoms with Gasteiger partial charge in [-0.05, 0) is 30.4 Å². The third-order valence-corrected chi connectivity index (χ3v) is 5.36. The molecule has 184 valence electrons. The number of benzene rings is 1. The highest BCUT2D eigenvalue weighted by molar-refractivity contribution is 6.03. The molecular weight excluding hydrogens is 462 g/mol. The number of methoxy groups -OCH3 is 1. The molecule has 0 aliphatic carbocycles. The summed E-state index contributed by atoms with van der Waals surface area (Å²) in [4.78, 5) is 30.8. The minimum atomic E-state index is -0.624. The number of hydrogen-bond acceptors (Lipinski definition) is 9. The van der Waals surface area contributed by atoms with E-state index < -0.39 is 11.8 Å². The van der Waals surface area contributed by atoms with Gasteiger partial charge < -0.3 is 26.0 Å². The molecule has 1 aliphatic rings. The number of ether oxygens (including phenoxy) is 1. The van der Waals surface area contributed by atoms with Crippen molar-refractivity contribution in [1.29, 1.82) is 0 Å². The molecule has 1 aliphatic heterocycles. The fourth-order valence-electron chi connectivity index (χ4n) is 3.72. The Labute approximate surface area is 207 Å². The van der Waals surface area contributed by atoms with E-state index in [1.165, 1.54) is 14.2 Å². The Morgan fingerprint density at radius 3 is 2.58 bits per heavy atom. The van der Waals surface area contributed by atoms with Gasteiger partial charge in [0, 0.05) is 27.3 Å². The van der Waals surface area contributed by atoms with Gasteiger partial charge in [0.2, 0.25) is 0 Å². The van der Waals surface area contributed by atoms with Gasteiger partial charge in [0.1, 0.15) is 12.0 Å². The molecule has 0 atom stereocenters.